The van der Waals surface area contributed by atoms with Crippen LogP contribution in [0.5, 0.6) is 0 Å². The number of nitriles is 1. The molecule has 0 spiro atoms. The molecule has 0 aromatic heterocycles. The van der Waals surface area contributed by atoms with Gasteiger partial charge in [0, 0.05) is 18.0 Å². The van der Waals surface area contributed by atoms with Crippen molar-refractivity contribution < 1.29 is 26.4 Å². The van der Waals surface area contributed by atoms with Crippen molar-refractivity contribution >= 4 is 27.5 Å². The van der Waals surface area contributed by atoms with Gasteiger partial charge >= 0.3 is 6.18 Å². The summed E-state index contributed by atoms with van der Waals surface area (Å²) in [7, 11) is -4.38. The van der Waals surface area contributed by atoms with Gasteiger partial charge < -0.3 is 5.73 Å². The maximum atomic E-state index is 13.0. The minimum absolute atomic E-state index is 0.251. The van der Waals surface area contributed by atoms with E-state index in [9.17, 15) is 31.6 Å². The predicted molar refractivity (Wildman–Crippen MR) is 90.9 cm³/mol. The van der Waals surface area contributed by atoms with Crippen LogP contribution in [0.25, 0.3) is 0 Å². The first-order valence-electron chi connectivity index (χ1n) is 7.95. The Balaban J connectivity index is 2.44. The van der Waals surface area contributed by atoms with E-state index >= 15 is 0 Å². The number of hydrogen-bond donors (Lipinski definition) is 1. The van der Waals surface area contributed by atoms with Crippen LogP contribution < -0.4 is 5.73 Å². The number of benzene rings is 1. The van der Waals surface area contributed by atoms with Gasteiger partial charge in [0.1, 0.15) is 6.04 Å². The van der Waals surface area contributed by atoms with Crippen LogP contribution in [-0.4, -0.2) is 37.4 Å². The fourth-order valence-corrected chi connectivity index (χ4v) is 4.43. The smallest absolute Gasteiger partial charge is 0.368 e. The van der Waals surface area contributed by atoms with Crippen molar-refractivity contribution in [2.75, 3.05) is 6.54 Å². The molecular weight excluding hydrogens is 407 g/mol. The molecule has 6 nitrogen and oxygen atoms in total. The minimum atomic E-state index is -4.59. The summed E-state index contributed by atoms with van der Waals surface area (Å²) in [5.41, 5.74) is 4.21. The van der Waals surface area contributed by atoms with Crippen LogP contribution in [-0.2, 0) is 14.8 Å². The molecule has 0 saturated heterocycles. The van der Waals surface area contributed by atoms with E-state index in [2.05, 4.69) is 0 Å². The van der Waals surface area contributed by atoms with Gasteiger partial charge in [-0.05, 0) is 43.5 Å². The third kappa shape index (κ3) is 5.34. The molecule has 2 rings (SSSR count). The normalized spacial score (nSPS) is 17.3. The number of rotatable bonds is 8. The third-order valence-corrected chi connectivity index (χ3v) is 6.47. The van der Waals surface area contributed by atoms with Crippen LogP contribution in [0.3, 0.4) is 0 Å². The zero-order valence-electron chi connectivity index (χ0n) is 14.0. The molecule has 0 bridgehead atoms. The average molecular weight is 424 g/mol. The molecule has 1 aromatic rings. The summed E-state index contributed by atoms with van der Waals surface area (Å²) >= 11 is 5.74. The lowest BCUT2D eigenvalue weighted by atomic mass is 10.1. The summed E-state index contributed by atoms with van der Waals surface area (Å²) in [6.45, 7) is -0.403. The summed E-state index contributed by atoms with van der Waals surface area (Å²) in [5.74, 6) is -1.20. The lowest BCUT2D eigenvalue weighted by Gasteiger charge is -2.30. The van der Waals surface area contributed by atoms with Gasteiger partial charge in [-0.1, -0.05) is 11.6 Å². The molecule has 1 aromatic carbocycles. The highest BCUT2D eigenvalue weighted by Gasteiger charge is 2.49. The average Bonchev–Trinajstić information content (AvgIpc) is 3.33. The quantitative estimate of drug-likeness (QED) is 0.694. The first-order valence-corrected chi connectivity index (χ1v) is 9.77. The molecule has 1 aliphatic carbocycles. The fourth-order valence-electron chi connectivity index (χ4n) is 2.59. The summed E-state index contributed by atoms with van der Waals surface area (Å²) < 4.78 is 64.6. The minimum Gasteiger partial charge on any atom is -0.368 e. The Labute approximate surface area is 159 Å². The highest BCUT2D eigenvalue weighted by molar-refractivity contribution is 7.89. The molecule has 1 fully saturated rings. The first kappa shape index (κ1) is 21.5. The topological polar surface area (TPSA) is 104 Å². The van der Waals surface area contributed by atoms with Crippen LogP contribution in [0, 0.1) is 16.7 Å². The number of amides is 1. The third-order valence-electron chi connectivity index (χ3n) is 4.35. The van der Waals surface area contributed by atoms with E-state index < -0.39 is 53.0 Å². The number of halogens is 4. The maximum absolute atomic E-state index is 13.0. The monoisotopic (exact) mass is 423 g/mol. The van der Waals surface area contributed by atoms with Crippen LogP contribution >= 0.6 is 11.6 Å². The lowest BCUT2D eigenvalue weighted by molar-refractivity contribution is -0.140. The largest absolute Gasteiger partial charge is 0.389 e. The van der Waals surface area contributed by atoms with Gasteiger partial charge in [0.25, 0.3) is 0 Å². The van der Waals surface area contributed by atoms with Crippen molar-refractivity contribution in [3.05, 3.63) is 29.3 Å². The van der Waals surface area contributed by atoms with Crippen molar-refractivity contribution in [3.63, 3.8) is 0 Å². The fraction of sp³-hybridized carbons (Fsp3) is 0.500. The molecule has 0 aliphatic heterocycles. The molecule has 1 atom stereocenters. The Kier molecular flexibility index (Phi) is 6.09. The molecule has 0 heterocycles. The van der Waals surface area contributed by atoms with Crippen LogP contribution in [0.4, 0.5) is 13.2 Å². The second kappa shape index (κ2) is 7.66. The van der Waals surface area contributed by atoms with Crippen molar-refractivity contribution in [1.82, 2.24) is 4.31 Å². The van der Waals surface area contributed by atoms with Gasteiger partial charge in [0.05, 0.1) is 16.4 Å². The van der Waals surface area contributed by atoms with Gasteiger partial charge in [-0.2, -0.15) is 22.7 Å². The zero-order valence-corrected chi connectivity index (χ0v) is 15.6. The Morgan fingerprint density at radius 1 is 1.33 bits per heavy atom. The molecule has 0 unspecified atom stereocenters. The Bertz CT molecular complexity index is 846. The van der Waals surface area contributed by atoms with E-state index in [-0.39, 0.29) is 9.92 Å². The van der Waals surface area contributed by atoms with Crippen LogP contribution in [0.2, 0.25) is 5.02 Å². The molecule has 1 aliphatic rings. The number of sulfonamides is 1. The van der Waals surface area contributed by atoms with Crippen molar-refractivity contribution in [3.8, 4) is 6.07 Å². The Hall–Kier alpha value is -1.83. The second-order valence-electron chi connectivity index (χ2n) is 6.47. The van der Waals surface area contributed by atoms with E-state index in [1.807, 2.05) is 6.07 Å². The standard InChI is InChI=1S/C16H17ClF3N3O3S/c17-11-1-3-12(4-2-11)27(25,26)23(10-15(9-21)7-8-15)13(14(22)24)5-6-16(18,19)20/h1-4,13H,5-8,10H2,(H2,22,24)/t13-/m1/s1. The number of nitrogens with zero attached hydrogens (tertiary/aromatic N) is 2. The SMILES string of the molecule is N#CC1(CN([C@H](CCC(F)(F)F)C(N)=O)S(=O)(=O)c2ccc(Cl)cc2)CC1. The van der Waals surface area contributed by atoms with Gasteiger partial charge in [-0.15, -0.1) is 0 Å². The lowest BCUT2D eigenvalue weighted by Crippen LogP contribution is -2.50. The van der Waals surface area contributed by atoms with Gasteiger partial charge in [-0.25, -0.2) is 8.42 Å². The van der Waals surface area contributed by atoms with E-state index in [4.69, 9.17) is 17.3 Å². The highest BCUT2D eigenvalue weighted by atomic mass is 35.5. The first-order chi connectivity index (χ1) is 12.4. The van der Waals surface area contributed by atoms with Crippen LogP contribution in [0.1, 0.15) is 25.7 Å². The van der Waals surface area contributed by atoms with E-state index in [0.29, 0.717) is 17.1 Å². The number of carbonyl (C=O) groups excluding carboxylic acids is 1. The van der Waals surface area contributed by atoms with E-state index in [0.717, 1.165) is 0 Å². The highest BCUT2D eigenvalue weighted by Crippen LogP contribution is 2.47. The number of hydrogen-bond acceptors (Lipinski definition) is 4. The molecule has 11 heteroatoms. The maximum Gasteiger partial charge on any atom is 0.389 e. The summed E-state index contributed by atoms with van der Waals surface area (Å²) in [6.07, 6.45) is -6.02. The van der Waals surface area contributed by atoms with Crippen molar-refractivity contribution in [2.45, 2.75) is 42.8 Å². The summed E-state index contributed by atoms with van der Waals surface area (Å²) in [6, 6.07) is 5.22. The zero-order chi connectivity index (χ0) is 20.5. The van der Waals surface area contributed by atoms with E-state index in [1.165, 1.54) is 24.3 Å². The van der Waals surface area contributed by atoms with Gasteiger partial charge in [-0.3, -0.25) is 4.79 Å². The Morgan fingerprint density at radius 3 is 2.30 bits per heavy atom. The van der Waals surface area contributed by atoms with Gasteiger partial charge in [0.15, 0.2) is 0 Å². The molecule has 27 heavy (non-hydrogen) atoms. The number of primary amides is 1. The number of nitrogens with two attached hydrogens (primary N) is 1. The molecular formula is C16H17ClF3N3O3S. The molecule has 1 saturated carbocycles. The van der Waals surface area contributed by atoms with Gasteiger partial charge in [0.2, 0.25) is 15.9 Å². The van der Waals surface area contributed by atoms with Crippen molar-refractivity contribution in [2.24, 2.45) is 11.1 Å². The number of alkyl halides is 3. The van der Waals surface area contributed by atoms with Crippen LogP contribution in [0.15, 0.2) is 29.2 Å². The van der Waals surface area contributed by atoms with E-state index in [1.54, 1.807) is 0 Å². The predicted octanol–water partition coefficient (Wildman–Crippen LogP) is 2.83. The Morgan fingerprint density at radius 2 is 1.89 bits per heavy atom. The molecule has 0 radical (unpaired) electrons. The number of carbonyl (C=O) groups is 1. The second-order valence-corrected chi connectivity index (χ2v) is 8.80. The molecule has 148 valence electrons. The summed E-state index contributed by atoms with van der Waals surface area (Å²) in [5, 5.41) is 9.54. The molecule has 2 N–H and O–H groups in total. The van der Waals surface area contributed by atoms with Crippen molar-refractivity contribution in [1.29, 1.82) is 5.26 Å². The summed E-state index contributed by atoms with van der Waals surface area (Å²) in [4.78, 5) is 11.6. The molecule has 1 amide bonds.